The van der Waals surface area contributed by atoms with Crippen LogP contribution in [0.3, 0.4) is 0 Å². The first-order valence-electron chi connectivity index (χ1n) is 20.8. The van der Waals surface area contributed by atoms with Gasteiger partial charge in [-0.25, -0.2) is 9.97 Å². The van der Waals surface area contributed by atoms with Gasteiger partial charge in [-0.2, -0.15) is 17.5 Å². The Labute approximate surface area is 443 Å². The number of aryl methyl sites for hydroxylation is 3. The Morgan fingerprint density at radius 3 is 1.75 bits per heavy atom. The first-order valence-corrected chi connectivity index (χ1v) is 20.8. The van der Waals surface area contributed by atoms with Crippen molar-refractivity contribution >= 4 is 0 Å². The molecule has 0 atom stereocenters. The molecule has 7 aromatic heterocycles. The van der Waals surface area contributed by atoms with Gasteiger partial charge in [-0.3, -0.25) is 9.67 Å². The molecule has 17 heteroatoms. The summed E-state index contributed by atoms with van der Waals surface area (Å²) in [4.78, 5) is 30.0. The third-order valence-corrected chi connectivity index (χ3v) is 10.2. The van der Waals surface area contributed by atoms with Crippen LogP contribution in [0.1, 0.15) is 0 Å². The molecule has 0 fully saturated rings. The van der Waals surface area contributed by atoms with Gasteiger partial charge in [0.05, 0.1) is 43.5 Å². The van der Waals surface area contributed by atoms with Crippen LogP contribution in [0.15, 0.2) is 188 Å². The van der Waals surface area contributed by atoms with Crippen molar-refractivity contribution in [3.63, 3.8) is 0 Å². The second-order valence-electron chi connectivity index (χ2n) is 14.6. The molecular formula is C52H45N11O3Pt3-2. The number of ether oxygens (including phenoxy) is 2. The van der Waals surface area contributed by atoms with E-state index < -0.39 is 0 Å². The standard InChI is InChI=1S/C14H12N3.C13H11N4.C13H9N2O.C12H13N2O2.3Pt/c1-17-10-8-13(16-17)14-12(7-9-15-14)11-5-3-2-4-6-11;1-17-7-11(16-9-17)13-12(14-8-15-13)10-5-3-2-4-6-10;1-2-4-10(5-3-1)11-6-7-14-13(11)12-8-16-9-15-12;1-14-7-6-13-12(14)10-5-4-9(15-2)8-11(10)16-3;;;/h2-10H,1H3;2-9H,1H3;1-9H;4,6-8H,1-3H3;;;/q4*-1;;;+2. The van der Waals surface area contributed by atoms with E-state index in [4.69, 9.17) is 13.9 Å². The summed E-state index contributed by atoms with van der Waals surface area (Å²) < 4.78 is 21.0. The molecule has 0 saturated heterocycles. The van der Waals surface area contributed by atoms with E-state index in [1.165, 1.54) is 12.0 Å². The molecule has 69 heavy (non-hydrogen) atoms. The van der Waals surface area contributed by atoms with Crippen LogP contribution in [0.5, 0.6) is 11.5 Å². The number of rotatable bonds is 9. The molecule has 0 unspecified atom stereocenters. The molecule has 0 bridgehead atoms. The zero-order valence-electron chi connectivity index (χ0n) is 37.9. The van der Waals surface area contributed by atoms with Crippen molar-refractivity contribution in [1.82, 2.24) is 53.8 Å². The van der Waals surface area contributed by atoms with E-state index in [0.29, 0.717) is 5.75 Å². The molecule has 0 amide bonds. The van der Waals surface area contributed by atoms with Crippen molar-refractivity contribution in [1.29, 1.82) is 0 Å². The number of hydrogen-bond donors (Lipinski definition) is 0. The van der Waals surface area contributed by atoms with E-state index in [-0.39, 0.29) is 63.2 Å². The van der Waals surface area contributed by atoms with Crippen LogP contribution in [0.4, 0.5) is 0 Å². The van der Waals surface area contributed by atoms with Gasteiger partial charge >= 0.3 is 21.1 Å². The van der Waals surface area contributed by atoms with Gasteiger partial charge in [0.25, 0.3) is 0 Å². The summed E-state index contributed by atoms with van der Waals surface area (Å²) in [7, 11) is 9.02. The Kier molecular flexibility index (Phi) is 20.1. The number of methoxy groups -OCH3 is 2. The third kappa shape index (κ3) is 13.2. The maximum Gasteiger partial charge on any atom is 2.00 e. The molecule has 4 aromatic carbocycles. The van der Waals surface area contributed by atoms with E-state index in [1.54, 1.807) is 56.3 Å². The van der Waals surface area contributed by atoms with Gasteiger partial charge in [-0.05, 0) is 45.3 Å². The minimum absolute atomic E-state index is 0. The van der Waals surface area contributed by atoms with E-state index in [0.717, 1.165) is 79.2 Å². The summed E-state index contributed by atoms with van der Waals surface area (Å²) in [6.07, 6.45) is 17.5. The number of aromatic nitrogens is 11. The molecule has 0 saturated carbocycles. The fraction of sp³-hybridized carbons (Fsp3) is 0.0962. The summed E-state index contributed by atoms with van der Waals surface area (Å²) in [5, 5.41) is 4.39. The van der Waals surface area contributed by atoms with Crippen LogP contribution >= 0.6 is 0 Å². The number of hydrogen-bond acceptors (Lipinski definition) is 8. The monoisotopic (exact) mass is 1460 g/mol. The third-order valence-electron chi connectivity index (χ3n) is 10.2. The molecule has 358 valence electrons. The maximum atomic E-state index is 5.30. The Morgan fingerprint density at radius 1 is 0.623 bits per heavy atom. The quantitative estimate of drug-likeness (QED) is 0.127. The Hall–Kier alpha value is -6.85. The number of oxazole rings is 1. The van der Waals surface area contributed by atoms with Crippen LogP contribution in [0.25, 0.3) is 79.1 Å². The molecule has 0 aliphatic carbocycles. The van der Waals surface area contributed by atoms with Crippen molar-refractivity contribution < 1.29 is 77.1 Å². The molecule has 0 N–H and O–H groups in total. The van der Waals surface area contributed by atoms with Crippen LogP contribution in [0.2, 0.25) is 0 Å². The van der Waals surface area contributed by atoms with Gasteiger partial charge in [0.2, 0.25) is 0 Å². The van der Waals surface area contributed by atoms with E-state index in [2.05, 4.69) is 70.3 Å². The fourth-order valence-electron chi connectivity index (χ4n) is 6.96. The smallest absolute Gasteiger partial charge is 0.662 e. The predicted molar refractivity (Wildman–Crippen MR) is 254 cm³/mol. The number of nitrogens with zero attached hydrogens (tertiary/aromatic N) is 11. The summed E-state index contributed by atoms with van der Waals surface area (Å²) in [6, 6.07) is 43.1. The minimum Gasteiger partial charge on any atom is -0.662 e. The van der Waals surface area contributed by atoms with Gasteiger partial charge < -0.3 is 43.0 Å². The Balaban J connectivity index is 0.000000169. The summed E-state index contributed by atoms with van der Waals surface area (Å²) in [5.74, 6) is 2.24. The Morgan fingerprint density at radius 2 is 1.25 bits per heavy atom. The van der Waals surface area contributed by atoms with E-state index in [9.17, 15) is 0 Å². The number of imidazole rings is 3. The van der Waals surface area contributed by atoms with Crippen LogP contribution in [-0.4, -0.2) is 53.1 Å². The molecule has 0 aliphatic rings. The van der Waals surface area contributed by atoms with Crippen molar-refractivity contribution in [3.05, 3.63) is 190 Å². The average molecular weight is 1460 g/mol. The zero-order valence-corrected chi connectivity index (χ0v) is 44.7. The van der Waals surface area contributed by atoms with Crippen LogP contribution < -0.4 is 24.4 Å². The minimum atomic E-state index is 0. The van der Waals surface area contributed by atoms with Gasteiger partial charge in [0.15, 0.2) is 6.39 Å². The van der Waals surface area contributed by atoms with Crippen molar-refractivity contribution in [2.24, 2.45) is 21.1 Å². The average Bonchev–Trinajstić information content (AvgIpc) is 4.22. The van der Waals surface area contributed by atoms with Crippen molar-refractivity contribution in [3.8, 4) is 90.6 Å². The van der Waals surface area contributed by atoms with Gasteiger partial charge in [-0.15, -0.1) is 17.8 Å². The van der Waals surface area contributed by atoms with Crippen LogP contribution in [0, 0.1) is 6.07 Å². The summed E-state index contributed by atoms with van der Waals surface area (Å²) >= 11 is 0. The number of benzene rings is 4. The van der Waals surface area contributed by atoms with E-state index in [1.807, 2.05) is 146 Å². The molecule has 11 aromatic rings. The summed E-state index contributed by atoms with van der Waals surface area (Å²) in [6.45, 7) is 0. The predicted octanol–water partition coefficient (Wildman–Crippen LogP) is 9.68. The molecule has 11 rings (SSSR count). The SMILES string of the molecule is COc1c[c-]c(-c2nccn2C)c(OC)c1.Cn1ccc(-c2[n-]ccc2-c2ccccc2)n1.Cn1cnc(-c2[n-]cnc2-c2ccccc2)c1.[Pt+2].[Pt].[Pt].c1ccc(-c2cc[n-]c2-c2cocn2)cc1. The topological polar surface area (TPSA) is 153 Å². The molecule has 0 spiro atoms. The molecule has 7 heterocycles. The zero-order chi connectivity index (χ0) is 45.7. The fourth-order valence-corrected chi connectivity index (χ4v) is 6.96. The Bertz CT molecular complexity index is 3060. The van der Waals surface area contributed by atoms with E-state index >= 15 is 0 Å². The first-order chi connectivity index (χ1) is 32.4. The largest absolute Gasteiger partial charge is 2.00 e. The second kappa shape index (κ2) is 26.1. The first kappa shape index (κ1) is 53.1. The van der Waals surface area contributed by atoms with Crippen molar-refractivity contribution in [2.45, 2.75) is 0 Å². The molecule has 0 aliphatic heterocycles. The maximum absolute atomic E-state index is 5.30. The van der Waals surface area contributed by atoms with Crippen molar-refractivity contribution in [2.75, 3.05) is 14.2 Å². The van der Waals surface area contributed by atoms with Gasteiger partial charge in [-0.1, -0.05) is 127 Å². The van der Waals surface area contributed by atoms with Crippen LogP contribution in [-0.2, 0) is 84.3 Å². The molecule has 0 radical (unpaired) electrons. The molecular weight excluding hydrogens is 1410 g/mol. The van der Waals surface area contributed by atoms with Gasteiger partial charge in [0.1, 0.15) is 6.26 Å². The van der Waals surface area contributed by atoms with Gasteiger partial charge in [0, 0.05) is 99.6 Å². The summed E-state index contributed by atoms with van der Waals surface area (Å²) in [5.41, 5.74) is 12.4. The normalized spacial score (nSPS) is 10.0. The second-order valence-corrected chi connectivity index (χ2v) is 14.6. The molecule has 14 nitrogen and oxygen atoms in total.